The number of esters is 1. The monoisotopic (exact) mass is 299 g/mol. The van der Waals surface area contributed by atoms with Gasteiger partial charge < -0.3 is 14.4 Å². The molecule has 1 aromatic carbocycles. The van der Waals surface area contributed by atoms with Crippen LogP contribution in [-0.4, -0.2) is 36.7 Å². The minimum absolute atomic E-state index is 0.0592. The van der Waals surface area contributed by atoms with Crippen molar-refractivity contribution >= 4 is 17.6 Å². The first kappa shape index (κ1) is 13.5. The summed E-state index contributed by atoms with van der Waals surface area (Å²) in [5.74, 6) is -1.42. The van der Waals surface area contributed by atoms with Crippen molar-refractivity contribution in [2.45, 2.75) is 18.6 Å². The zero-order chi connectivity index (χ0) is 15.3. The third kappa shape index (κ3) is 1.69. The Morgan fingerprint density at radius 1 is 1.41 bits per heavy atom. The molecule has 2 fully saturated rings. The Balaban J connectivity index is 1.69. The Kier molecular flexibility index (Phi) is 2.87. The van der Waals surface area contributed by atoms with Gasteiger partial charge in [0.1, 0.15) is 11.5 Å². The fourth-order valence-electron chi connectivity index (χ4n) is 3.83. The maximum Gasteiger partial charge on any atom is 0.312 e. The van der Waals surface area contributed by atoms with Crippen LogP contribution in [0.3, 0.4) is 0 Å². The van der Waals surface area contributed by atoms with Crippen LogP contribution in [0.1, 0.15) is 6.92 Å². The standard InChI is InChI=1S/C17H17NO4/c1-2-21-16(20)13-12-8-9-17(22-12)10-18(15(19)14(13)17)11-6-4-3-5-7-11/h3-9,12-14H,2,10H2,1H3/t12-,13-,14-,17+/m0/s1. The molecule has 4 rings (SSSR count). The predicted octanol–water partition coefficient (Wildman–Crippen LogP) is 1.54. The smallest absolute Gasteiger partial charge is 0.312 e. The molecule has 5 nitrogen and oxygen atoms in total. The molecule has 0 radical (unpaired) electrons. The molecule has 3 heterocycles. The number of benzene rings is 1. The number of hydrogen-bond donors (Lipinski definition) is 0. The summed E-state index contributed by atoms with van der Waals surface area (Å²) in [5.41, 5.74) is 0.147. The van der Waals surface area contributed by atoms with Crippen LogP contribution in [0.15, 0.2) is 42.5 Å². The molecule has 3 aliphatic rings. The van der Waals surface area contributed by atoms with Crippen LogP contribution in [0.2, 0.25) is 0 Å². The summed E-state index contributed by atoms with van der Waals surface area (Å²) in [6.45, 7) is 2.52. The van der Waals surface area contributed by atoms with Gasteiger partial charge in [0.2, 0.25) is 5.91 Å². The van der Waals surface area contributed by atoms with Gasteiger partial charge in [0, 0.05) is 5.69 Å². The second-order valence-corrected chi connectivity index (χ2v) is 5.91. The van der Waals surface area contributed by atoms with E-state index in [-0.39, 0.29) is 18.0 Å². The minimum atomic E-state index is -0.685. The first-order valence-corrected chi connectivity index (χ1v) is 7.56. The number of ether oxygens (including phenoxy) is 2. The Bertz CT molecular complexity index is 656. The lowest BCUT2D eigenvalue weighted by Crippen LogP contribution is -2.40. The van der Waals surface area contributed by atoms with Crippen LogP contribution >= 0.6 is 0 Å². The van der Waals surface area contributed by atoms with Crippen molar-refractivity contribution in [3.05, 3.63) is 42.5 Å². The van der Waals surface area contributed by atoms with Crippen molar-refractivity contribution in [3.63, 3.8) is 0 Å². The highest BCUT2D eigenvalue weighted by Crippen LogP contribution is 2.52. The van der Waals surface area contributed by atoms with Crippen LogP contribution in [0.25, 0.3) is 0 Å². The van der Waals surface area contributed by atoms with Crippen LogP contribution in [-0.2, 0) is 19.1 Å². The van der Waals surface area contributed by atoms with Crippen molar-refractivity contribution in [2.24, 2.45) is 11.8 Å². The van der Waals surface area contributed by atoms with E-state index in [4.69, 9.17) is 9.47 Å². The van der Waals surface area contributed by atoms with Crippen molar-refractivity contribution < 1.29 is 19.1 Å². The second kappa shape index (κ2) is 4.68. The van der Waals surface area contributed by atoms with Gasteiger partial charge in [0.25, 0.3) is 0 Å². The van der Waals surface area contributed by atoms with Gasteiger partial charge in [-0.15, -0.1) is 0 Å². The number of para-hydroxylation sites is 1. The maximum absolute atomic E-state index is 12.9. The fourth-order valence-corrected chi connectivity index (χ4v) is 3.83. The molecule has 22 heavy (non-hydrogen) atoms. The zero-order valence-corrected chi connectivity index (χ0v) is 12.3. The molecule has 0 saturated carbocycles. The minimum Gasteiger partial charge on any atom is -0.466 e. The van der Waals surface area contributed by atoms with E-state index in [1.165, 1.54) is 0 Å². The lowest BCUT2D eigenvalue weighted by Gasteiger charge is -2.22. The number of fused-ring (bicyclic) bond motifs is 1. The number of carbonyl (C=O) groups is 2. The first-order valence-electron chi connectivity index (χ1n) is 7.56. The summed E-state index contributed by atoms with van der Waals surface area (Å²) in [4.78, 5) is 26.9. The number of anilines is 1. The van der Waals surface area contributed by atoms with E-state index in [2.05, 4.69) is 0 Å². The molecule has 0 N–H and O–H groups in total. The Morgan fingerprint density at radius 2 is 2.18 bits per heavy atom. The summed E-state index contributed by atoms with van der Waals surface area (Å²) >= 11 is 0. The molecule has 1 aromatic rings. The molecule has 0 aliphatic carbocycles. The molecule has 2 saturated heterocycles. The lowest BCUT2D eigenvalue weighted by molar-refractivity contribution is -0.151. The van der Waals surface area contributed by atoms with Gasteiger partial charge in [0.05, 0.1) is 25.2 Å². The first-order chi connectivity index (χ1) is 10.7. The Morgan fingerprint density at radius 3 is 2.91 bits per heavy atom. The topological polar surface area (TPSA) is 55.8 Å². The number of hydrogen-bond acceptors (Lipinski definition) is 4. The number of amides is 1. The SMILES string of the molecule is CCOC(=O)[C@H]1[C@@H]2C=C[C@]3(CN(c4ccccc4)C(=O)[C@H]13)O2. The Hall–Kier alpha value is -2.14. The lowest BCUT2D eigenvalue weighted by atomic mass is 9.77. The summed E-state index contributed by atoms with van der Waals surface area (Å²) in [5, 5.41) is 0. The summed E-state index contributed by atoms with van der Waals surface area (Å²) in [6.07, 6.45) is 3.49. The molecule has 0 unspecified atom stereocenters. The van der Waals surface area contributed by atoms with E-state index in [0.717, 1.165) is 5.69 Å². The number of rotatable bonds is 3. The largest absolute Gasteiger partial charge is 0.466 e. The summed E-state index contributed by atoms with van der Waals surface area (Å²) in [6, 6.07) is 9.49. The summed E-state index contributed by atoms with van der Waals surface area (Å²) < 4.78 is 11.2. The van der Waals surface area contributed by atoms with E-state index < -0.39 is 17.4 Å². The molecular weight excluding hydrogens is 282 g/mol. The predicted molar refractivity (Wildman–Crippen MR) is 79.2 cm³/mol. The number of nitrogens with zero attached hydrogens (tertiary/aromatic N) is 1. The third-order valence-corrected chi connectivity index (χ3v) is 4.73. The Labute approximate surface area is 128 Å². The van der Waals surface area contributed by atoms with Gasteiger partial charge in [-0.3, -0.25) is 9.59 Å². The van der Waals surface area contributed by atoms with Crippen LogP contribution in [0.4, 0.5) is 5.69 Å². The molecule has 114 valence electrons. The van der Waals surface area contributed by atoms with E-state index in [9.17, 15) is 9.59 Å². The highest BCUT2D eigenvalue weighted by molar-refractivity contribution is 6.02. The van der Waals surface area contributed by atoms with Crippen molar-refractivity contribution in [1.29, 1.82) is 0 Å². The van der Waals surface area contributed by atoms with Gasteiger partial charge in [0.15, 0.2) is 0 Å². The van der Waals surface area contributed by atoms with Gasteiger partial charge in [-0.2, -0.15) is 0 Å². The molecular formula is C17H17NO4. The van der Waals surface area contributed by atoms with Crippen LogP contribution in [0, 0.1) is 11.8 Å². The highest BCUT2D eigenvalue weighted by atomic mass is 16.6. The molecule has 0 aromatic heterocycles. The molecule has 2 bridgehead atoms. The summed E-state index contributed by atoms with van der Waals surface area (Å²) in [7, 11) is 0. The molecule has 4 atom stereocenters. The van der Waals surface area contributed by atoms with E-state index >= 15 is 0 Å². The molecule has 1 amide bonds. The highest BCUT2D eigenvalue weighted by Gasteiger charge is 2.67. The van der Waals surface area contributed by atoms with Gasteiger partial charge >= 0.3 is 5.97 Å². The van der Waals surface area contributed by atoms with Gasteiger partial charge in [-0.25, -0.2) is 0 Å². The van der Waals surface area contributed by atoms with E-state index in [1.54, 1.807) is 11.8 Å². The number of carbonyl (C=O) groups excluding carboxylic acids is 2. The van der Waals surface area contributed by atoms with Crippen LogP contribution in [0.5, 0.6) is 0 Å². The fraction of sp³-hybridized carbons (Fsp3) is 0.412. The molecule has 3 aliphatic heterocycles. The third-order valence-electron chi connectivity index (χ3n) is 4.73. The van der Waals surface area contributed by atoms with E-state index in [1.807, 2.05) is 42.5 Å². The van der Waals surface area contributed by atoms with E-state index in [0.29, 0.717) is 13.2 Å². The van der Waals surface area contributed by atoms with Crippen molar-refractivity contribution in [3.8, 4) is 0 Å². The normalized spacial score (nSPS) is 35.0. The van der Waals surface area contributed by atoms with Crippen molar-refractivity contribution in [2.75, 3.05) is 18.1 Å². The average molecular weight is 299 g/mol. The van der Waals surface area contributed by atoms with Gasteiger partial charge in [-0.1, -0.05) is 30.4 Å². The maximum atomic E-state index is 12.9. The average Bonchev–Trinajstić information content (AvgIpc) is 3.17. The zero-order valence-electron chi connectivity index (χ0n) is 12.3. The quantitative estimate of drug-likeness (QED) is 0.627. The van der Waals surface area contributed by atoms with Crippen LogP contribution < -0.4 is 4.90 Å². The van der Waals surface area contributed by atoms with Crippen molar-refractivity contribution in [1.82, 2.24) is 0 Å². The van der Waals surface area contributed by atoms with Gasteiger partial charge in [-0.05, 0) is 19.1 Å². The molecule has 5 heteroatoms. The molecule has 1 spiro atoms. The second-order valence-electron chi connectivity index (χ2n) is 5.91.